The van der Waals surface area contributed by atoms with E-state index in [0.717, 1.165) is 62.2 Å². The maximum absolute atomic E-state index is 14.3. The Morgan fingerprint density at radius 3 is 1.20 bits per heavy atom. The molecule has 0 radical (unpaired) electrons. The van der Waals surface area contributed by atoms with Crippen LogP contribution in [-0.2, 0) is 0 Å². The standard InChI is InChI=1S/C24H27Cl2F5O2S4.C14H17ClF4OS2/c1-34-10-6-2-4-8-32-20-14-22(16(25)12-18(20)27)36-37-23-15-21(19(28)13-17(23)26)33-9-5-3-7-11-35-24(29,30)31;1-21-6-4-2-3-5-20-12-8-13(10(15)7-11(12)16)22-9-14(17,18)19/h12-15H,2-11H2,1H3;7-8H,2-6,9H2,1H3. The smallest absolute Gasteiger partial charge is 0.441 e. The van der Waals surface area contributed by atoms with Crippen molar-refractivity contribution in [2.45, 2.75) is 84.2 Å². The summed E-state index contributed by atoms with van der Waals surface area (Å²) in [5, 5.41) is 0.339. The number of halogens is 12. The minimum Gasteiger partial charge on any atom is -0.490 e. The molecule has 3 aromatic rings. The fraction of sp³-hybridized carbons (Fsp3) is 0.526. The molecule has 0 saturated carbocycles. The van der Waals surface area contributed by atoms with Crippen molar-refractivity contribution in [1.82, 2.24) is 0 Å². The second-order valence-corrected chi connectivity index (χ2v) is 19.8. The van der Waals surface area contributed by atoms with Crippen molar-refractivity contribution in [2.75, 3.05) is 55.3 Å². The van der Waals surface area contributed by atoms with Crippen molar-refractivity contribution < 1.29 is 53.7 Å². The van der Waals surface area contributed by atoms with E-state index < -0.39 is 34.9 Å². The molecule has 0 aliphatic rings. The average Bonchev–Trinajstić information content (AvgIpc) is 3.15. The highest BCUT2D eigenvalue weighted by Crippen LogP contribution is 2.46. The van der Waals surface area contributed by atoms with Crippen LogP contribution < -0.4 is 14.2 Å². The first-order valence-corrected chi connectivity index (χ1v) is 26.1. The van der Waals surface area contributed by atoms with Gasteiger partial charge in [-0.3, -0.25) is 0 Å². The maximum Gasteiger partial charge on any atom is 0.441 e. The predicted octanol–water partition coefficient (Wildman–Crippen LogP) is 16.8. The Labute approximate surface area is 380 Å². The molecule has 0 heterocycles. The van der Waals surface area contributed by atoms with E-state index in [1.54, 1.807) is 23.5 Å². The zero-order valence-electron chi connectivity index (χ0n) is 32.0. The van der Waals surface area contributed by atoms with Gasteiger partial charge in [0.15, 0.2) is 34.7 Å². The summed E-state index contributed by atoms with van der Waals surface area (Å²) in [5.74, 6) is -0.752. The lowest BCUT2D eigenvalue weighted by atomic mass is 10.2. The predicted molar refractivity (Wildman–Crippen MR) is 236 cm³/mol. The molecule has 3 rings (SSSR count). The van der Waals surface area contributed by atoms with Crippen molar-refractivity contribution in [1.29, 1.82) is 0 Å². The molecule has 3 nitrogen and oxygen atoms in total. The van der Waals surface area contributed by atoms with Crippen molar-refractivity contribution in [3.8, 4) is 17.2 Å². The van der Waals surface area contributed by atoms with Crippen LogP contribution in [-0.4, -0.2) is 67.0 Å². The first kappa shape index (κ1) is 54.5. The van der Waals surface area contributed by atoms with Crippen LogP contribution in [0.3, 0.4) is 0 Å². The Balaban J connectivity index is 0.000000464. The zero-order chi connectivity index (χ0) is 43.8. The molecule has 0 N–H and O–H groups in total. The molecule has 21 heteroatoms. The SMILES string of the molecule is CSCCCCCOc1cc(SCC(F)(F)F)c(Cl)cc1F.CSCCCCCOc1cc(SSc2cc(OCCCCCSC(F)(F)F)c(F)cc2Cl)c(Cl)cc1F. The molecule has 334 valence electrons. The number of rotatable bonds is 26. The number of hydrogen-bond acceptors (Lipinski definition) is 9. The van der Waals surface area contributed by atoms with Gasteiger partial charge in [0.2, 0.25) is 0 Å². The van der Waals surface area contributed by atoms with Gasteiger partial charge in [-0.15, -0.1) is 11.8 Å². The van der Waals surface area contributed by atoms with Crippen LogP contribution in [0.2, 0.25) is 15.1 Å². The highest BCUT2D eigenvalue weighted by Gasteiger charge is 2.28. The fourth-order valence-corrected chi connectivity index (χ4v) is 10.0. The molecule has 0 bridgehead atoms. The summed E-state index contributed by atoms with van der Waals surface area (Å²) in [6, 6.07) is 7.54. The lowest BCUT2D eigenvalue weighted by molar-refractivity contribution is -0.105. The summed E-state index contributed by atoms with van der Waals surface area (Å²) >= 11 is 22.2. The largest absolute Gasteiger partial charge is 0.490 e. The number of benzene rings is 3. The van der Waals surface area contributed by atoms with Crippen LogP contribution in [0.15, 0.2) is 51.1 Å². The number of hydrogen-bond donors (Lipinski definition) is 0. The van der Waals surface area contributed by atoms with E-state index in [-0.39, 0.29) is 61.3 Å². The molecule has 0 spiro atoms. The Bertz CT molecular complexity index is 1680. The van der Waals surface area contributed by atoms with E-state index in [4.69, 9.17) is 49.0 Å². The van der Waals surface area contributed by atoms with Crippen LogP contribution in [0.5, 0.6) is 17.2 Å². The van der Waals surface area contributed by atoms with E-state index >= 15 is 0 Å². The molecule has 0 saturated heterocycles. The summed E-state index contributed by atoms with van der Waals surface area (Å²) < 4.78 is 132. The molecule has 0 aromatic heterocycles. The van der Waals surface area contributed by atoms with Gasteiger partial charge in [-0.2, -0.15) is 49.9 Å². The van der Waals surface area contributed by atoms with Gasteiger partial charge in [0, 0.05) is 20.4 Å². The van der Waals surface area contributed by atoms with Crippen molar-refractivity contribution in [3.05, 3.63) is 68.9 Å². The second-order valence-electron chi connectivity index (χ2n) is 12.2. The highest BCUT2D eigenvalue weighted by molar-refractivity contribution is 8.76. The Hall–Kier alpha value is -0.600. The monoisotopic (exact) mass is 1020 g/mol. The summed E-state index contributed by atoms with van der Waals surface area (Å²) in [6.45, 7) is 0.889. The summed E-state index contributed by atoms with van der Waals surface area (Å²) in [5.41, 5.74) is -4.23. The molecule has 0 atom stereocenters. The van der Waals surface area contributed by atoms with Gasteiger partial charge in [0.1, 0.15) is 0 Å². The first-order chi connectivity index (χ1) is 27.9. The van der Waals surface area contributed by atoms with Gasteiger partial charge in [0.05, 0.1) is 40.6 Å². The van der Waals surface area contributed by atoms with E-state index in [1.807, 2.05) is 6.26 Å². The Morgan fingerprint density at radius 1 is 0.492 bits per heavy atom. The topological polar surface area (TPSA) is 27.7 Å². The molecular formula is C38H44Cl3F9O3S6. The fourth-order valence-electron chi connectivity index (χ4n) is 4.52. The lowest BCUT2D eigenvalue weighted by Gasteiger charge is -2.12. The molecule has 0 fully saturated rings. The van der Waals surface area contributed by atoms with Gasteiger partial charge < -0.3 is 14.2 Å². The molecule has 0 aliphatic heterocycles. The summed E-state index contributed by atoms with van der Waals surface area (Å²) in [4.78, 5) is 1.24. The molecule has 59 heavy (non-hydrogen) atoms. The van der Waals surface area contributed by atoms with Gasteiger partial charge in [-0.05, 0) is 118 Å². The quantitative estimate of drug-likeness (QED) is 0.0337. The van der Waals surface area contributed by atoms with Gasteiger partial charge in [0.25, 0.3) is 0 Å². The third-order valence-corrected chi connectivity index (χ3v) is 14.4. The second kappa shape index (κ2) is 29.7. The van der Waals surface area contributed by atoms with Crippen LogP contribution in [0.4, 0.5) is 39.5 Å². The molecular weight excluding hydrogens is 974 g/mol. The molecule has 0 amide bonds. The van der Waals surface area contributed by atoms with Crippen LogP contribution >= 0.6 is 103 Å². The third-order valence-electron chi connectivity index (χ3n) is 7.38. The normalized spacial score (nSPS) is 11.7. The average molecular weight is 1020 g/mol. The van der Waals surface area contributed by atoms with Crippen LogP contribution in [0, 0.1) is 17.5 Å². The number of thioether (sulfide) groups is 4. The summed E-state index contributed by atoms with van der Waals surface area (Å²) in [6.07, 6.45) is 6.87. The minimum atomic E-state index is -4.30. The van der Waals surface area contributed by atoms with Crippen molar-refractivity contribution in [2.24, 2.45) is 0 Å². The maximum atomic E-state index is 14.3. The van der Waals surface area contributed by atoms with E-state index in [0.29, 0.717) is 54.0 Å². The lowest BCUT2D eigenvalue weighted by Crippen LogP contribution is -2.10. The van der Waals surface area contributed by atoms with E-state index in [1.165, 1.54) is 45.9 Å². The number of alkyl halides is 6. The molecule has 0 unspecified atom stereocenters. The van der Waals surface area contributed by atoms with E-state index in [9.17, 15) is 39.5 Å². The van der Waals surface area contributed by atoms with Crippen LogP contribution in [0.1, 0.15) is 57.8 Å². The number of unbranched alkanes of at least 4 members (excludes halogenated alkanes) is 6. The number of ether oxygens (including phenoxy) is 3. The highest BCUT2D eigenvalue weighted by atomic mass is 35.5. The van der Waals surface area contributed by atoms with Gasteiger partial charge in [-0.1, -0.05) is 68.2 Å². The summed E-state index contributed by atoms with van der Waals surface area (Å²) in [7, 11) is 2.43. The van der Waals surface area contributed by atoms with Crippen molar-refractivity contribution >= 4 is 103 Å². The molecule has 0 aliphatic carbocycles. The van der Waals surface area contributed by atoms with Gasteiger partial charge >= 0.3 is 11.7 Å². The zero-order valence-corrected chi connectivity index (χ0v) is 39.2. The molecule has 3 aromatic carbocycles. The van der Waals surface area contributed by atoms with Gasteiger partial charge in [-0.25, -0.2) is 13.2 Å². The Morgan fingerprint density at radius 2 is 0.847 bits per heavy atom. The minimum absolute atomic E-state index is 0.00661. The third kappa shape index (κ3) is 24.2. The Kier molecular flexibility index (Phi) is 27.5. The van der Waals surface area contributed by atoms with E-state index in [2.05, 4.69) is 6.26 Å². The first-order valence-electron chi connectivity index (χ1n) is 18.0. The van der Waals surface area contributed by atoms with Crippen molar-refractivity contribution in [3.63, 3.8) is 0 Å². The van der Waals surface area contributed by atoms with Crippen LogP contribution in [0.25, 0.3) is 0 Å².